The summed E-state index contributed by atoms with van der Waals surface area (Å²) in [5, 5.41) is 4.08. The minimum atomic E-state index is 0.678. The maximum atomic E-state index is 4.41. The predicted octanol–water partition coefficient (Wildman–Crippen LogP) is 3.25. The molecule has 1 aromatic heterocycles. The van der Waals surface area contributed by atoms with E-state index in [1.807, 2.05) is 24.2 Å². The van der Waals surface area contributed by atoms with Gasteiger partial charge in [0, 0.05) is 29.8 Å². The third-order valence-electron chi connectivity index (χ3n) is 2.71. The Bertz CT molecular complexity index is 324. The van der Waals surface area contributed by atoms with Crippen LogP contribution in [0.3, 0.4) is 0 Å². The van der Waals surface area contributed by atoms with E-state index in [2.05, 4.69) is 43.0 Å². The Morgan fingerprint density at radius 3 is 2.44 bits per heavy atom. The molecule has 0 aromatic carbocycles. The summed E-state index contributed by atoms with van der Waals surface area (Å²) < 4.78 is 0. The lowest BCUT2D eigenvalue weighted by Crippen LogP contribution is -2.19. The Labute approximate surface area is 115 Å². The monoisotopic (exact) mass is 267 g/mol. The minimum Gasteiger partial charge on any atom is -0.312 e. The van der Waals surface area contributed by atoms with Gasteiger partial charge < -0.3 is 5.32 Å². The Morgan fingerprint density at radius 1 is 1.22 bits per heavy atom. The van der Waals surface area contributed by atoms with Crippen molar-refractivity contribution in [1.29, 1.82) is 0 Å². The second-order valence-electron chi connectivity index (χ2n) is 5.06. The first-order chi connectivity index (χ1) is 8.61. The average Bonchev–Trinajstić information content (AvgIpc) is 2.37. The van der Waals surface area contributed by atoms with Gasteiger partial charge in [0.25, 0.3) is 0 Å². The van der Waals surface area contributed by atoms with E-state index in [0.29, 0.717) is 11.2 Å². The molecule has 0 saturated heterocycles. The van der Waals surface area contributed by atoms with Gasteiger partial charge in [-0.25, -0.2) is 9.97 Å². The molecule has 0 aliphatic heterocycles. The van der Waals surface area contributed by atoms with Gasteiger partial charge in [0.15, 0.2) is 0 Å². The third-order valence-corrected chi connectivity index (χ3v) is 4.04. The van der Waals surface area contributed by atoms with E-state index in [-0.39, 0.29) is 0 Å². The van der Waals surface area contributed by atoms with Crippen molar-refractivity contribution in [3.05, 3.63) is 23.8 Å². The molecule has 1 atom stereocenters. The minimum absolute atomic E-state index is 0.678. The largest absolute Gasteiger partial charge is 0.312 e. The van der Waals surface area contributed by atoms with Crippen molar-refractivity contribution in [3.8, 4) is 0 Å². The molecular formula is C14H25N3S. The maximum Gasteiger partial charge on any atom is 0.138 e. The maximum absolute atomic E-state index is 4.41. The van der Waals surface area contributed by atoms with E-state index in [0.717, 1.165) is 30.2 Å². The van der Waals surface area contributed by atoms with E-state index in [1.54, 1.807) is 0 Å². The SMILES string of the molecule is CCC(C)SCc1ncc(CNCC(C)C)cn1. The van der Waals surface area contributed by atoms with Crippen molar-refractivity contribution in [2.45, 2.75) is 51.7 Å². The van der Waals surface area contributed by atoms with Gasteiger partial charge in [0.2, 0.25) is 0 Å². The molecule has 0 bridgehead atoms. The summed E-state index contributed by atoms with van der Waals surface area (Å²) in [5.41, 5.74) is 1.16. The van der Waals surface area contributed by atoms with Crippen LogP contribution in [-0.2, 0) is 12.3 Å². The zero-order valence-corrected chi connectivity index (χ0v) is 12.8. The quantitative estimate of drug-likeness (QED) is 0.784. The first kappa shape index (κ1) is 15.4. The van der Waals surface area contributed by atoms with Crippen molar-refractivity contribution in [2.75, 3.05) is 6.54 Å². The molecule has 1 heterocycles. The summed E-state index contributed by atoms with van der Waals surface area (Å²) in [7, 11) is 0. The molecule has 0 radical (unpaired) electrons. The molecule has 0 saturated carbocycles. The first-order valence-electron chi connectivity index (χ1n) is 6.74. The highest BCUT2D eigenvalue weighted by molar-refractivity contribution is 7.99. The topological polar surface area (TPSA) is 37.8 Å². The molecule has 102 valence electrons. The second-order valence-corrected chi connectivity index (χ2v) is 6.49. The molecule has 1 N–H and O–H groups in total. The van der Waals surface area contributed by atoms with Gasteiger partial charge in [-0.3, -0.25) is 0 Å². The fourth-order valence-corrected chi connectivity index (χ4v) is 2.21. The van der Waals surface area contributed by atoms with E-state index in [9.17, 15) is 0 Å². The van der Waals surface area contributed by atoms with Gasteiger partial charge in [-0.05, 0) is 18.9 Å². The number of rotatable bonds is 8. The van der Waals surface area contributed by atoms with Crippen LogP contribution in [0.1, 0.15) is 45.5 Å². The lowest BCUT2D eigenvalue weighted by Gasteiger charge is -2.08. The fraction of sp³-hybridized carbons (Fsp3) is 0.714. The van der Waals surface area contributed by atoms with Crippen LogP contribution in [0.15, 0.2) is 12.4 Å². The number of nitrogens with zero attached hydrogens (tertiary/aromatic N) is 2. The number of thioether (sulfide) groups is 1. The average molecular weight is 267 g/mol. The van der Waals surface area contributed by atoms with Crippen LogP contribution in [0.5, 0.6) is 0 Å². The Balaban J connectivity index is 2.33. The van der Waals surface area contributed by atoms with E-state index >= 15 is 0 Å². The molecule has 18 heavy (non-hydrogen) atoms. The van der Waals surface area contributed by atoms with Gasteiger partial charge in [0.1, 0.15) is 5.82 Å². The lowest BCUT2D eigenvalue weighted by atomic mass is 10.2. The molecule has 1 unspecified atom stereocenters. The summed E-state index contributed by atoms with van der Waals surface area (Å²) in [4.78, 5) is 8.82. The van der Waals surface area contributed by atoms with Crippen LogP contribution < -0.4 is 5.32 Å². The lowest BCUT2D eigenvalue weighted by molar-refractivity contribution is 0.551. The summed E-state index contributed by atoms with van der Waals surface area (Å²) in [6.45, 7) is 10.8. The summed E-state index contributed by atoms with van der Waals surface area (Å²) in [6, 6.07) is 0. The zero-order chi connectivity index (χ0) is 13.4. The number of hydrogen-bond donors (Lipinski definition) is 1. The van der Waals surface area contributed by atoms with Crippen molar-refractivity contribution in [2.24, 2.45) is 5.92 Å². The Kier molecular flexibility index (Phi) is 7.28. The normalized spacial score (nSPS) is 12.9. The summed E-state index contributed by atoms with van der Waals surface area (Å²) in [5.74, 6) is 2.53. The predicted molar refractivity (Wildman–Crippen MR) is 79.6 cm³/mol. The zero-order valence-electron chi connectivity index (χ0n) is 11.9. The Morgan fingerprint density at radius 2 is 1.89 bits per heavy atom. The third kappa shape index (κ3) is 6.36. The molecule has 0 aliphatic rings. The van der Waals surface area contributed by atoms with Crippen molar-refractivity contribution in [3.63, 3.8) is 0 Å². The van der Waals surface area contributed by atoms with Crippen LogP contribution in [0, 0.1) is 5.92 Å². The second kappa shape index (κ2) is 8.48. The van der Waals surface area contributed by atoms with Crippen LogP contribution in [0.4, 0.5) is 0 Å². The molecular weight excluding hydrogens is 242 g/mol. The van der Waals surface area contributed by atoms with Gasteiger partial charge in [-0.15, -0.1) is 0 Å². The van der Waals surface area contributed by atoms with Crippen molar-refractivity contribution >= 4 is 11.8 Å². The molecule has 1 rings (SSSR count). The molecule has 0 fully saturated rings. The molecule has 0 amide bonds. The smallest absolute Gasteiger partial charge is 0.138 e. The van der Waals surface area contributed by atoms with E-state index in [1.165, 1.54) is 6.42 Å². The van der Waals surface area contributed by atoms with Gasteiger partial charge >= 0.3 is 0 Å². The van der Waals surface area contributed by atoms with Crippen LogP contribution in [0.2, 0.25) is 0 Å². The first-order valence-corrected chi connectivity index (χ1v) is 7.78. The van der Waals surface area contributed by atoms with Crippen LogP contribution in [-0.4, -0.2) is 21.8 Å². The van der Waals surface area contributed by atoms with Crippen LogP contribution in [0.25, 0.3) is 0 Å². The van der Waals surface area contributed by atoms with Crippen LogP contribution >= 0.6 is 11.8 Å². The van der Waals surface area contributed by atoms with Gasteiger partial charge in [0.05, 0.1) is 5.75 Å². The highest BCUT2D eigenvalue weighted by Gasteiger charge is 2.03. The van der Waals surface area contributed by atoms with Crippen molar-refractivity contribution < 1.29 is 0 Å². The van der Waals surface area contributed by atoms with Gasteiger partial charge in [-0.1, -0.05) is 27.7 Å². The standard InChI is InChI=1S/C14H25N3S/c1-5-12(4)18-10-14-16-8-13(9-17-14)7-15-6-11(2)3/h8-9,11-12,15H,5-7,10H2,1-4H3. The number of nitrogens with one attached hydrogen (secondary N) is 1. The molecule has 0 spiro atoms. The van der Waals surface area contributed by atoms with E-state index in [4.69, 9.17) is 0 Å². The summed E-state index contributed by atoms with van der Waals surface area (Å²) >= 11 is 1.92. The number of aromatic nitrogens is 2. The Hall–Kier alpha value is -0.610. The highest BCUT2D eigenvalue weighted by Crippen LogP contribution is 2.17. The van der Waals surface area contributed by atoms with Crippen molar-refractivity contribution in [1.82, 2.24) is 15.3 Å². The highest BCUT2D eigenvalue weighted by atomic mass is 32.2. The number of hydrogen-bond acceptors (Lipinski definition) is 4. The van der Waals surface area contributed by atoms with Gasteiger partial charge in [-0.2, -0.15) is 11.8 Å². The molecule has 0 aliphatic carbocycles. The fourth-order valence-electron chi connectivity index (χ4n) is 1.39. The molecule has 3 nitrogen and oxygen atoms in total. The van der Waals surface area contributed by atoms with E-state index < -0.39 is 0 Å². The molecule has 1 aromatic rings. The molecule has 4 heteroatoms. The summed E-state index contributed by atoms with van der Waals surface area (Å²) in [6.07, 6.45) is 5.07.